The van der Waals surface area contributed by atoms with E-state index >= 15 is 0 Å². The van der Waals surface area contributed by atoms with Gasteiger partial charge in [-0.25, -0.2) is 0 Å². The summed E-state index contributed by atoms with van der Waals surface area (Å²) in [7, 11) is 1.48. The zero-order chi connectivity index (χ0) is 21.9. The molecule has 0 aromatic heterocycles. The number of anilines is 1. The van der Waals surface area contributed by atoms with Gasteiger partial charge in [0, 0.05) is 38.5 Å². The molecule has 1 aliphatic carbocycles. The number of carbonyl (C=O) groups excluding carboxylic acids is 2. The summed E-state index contributed by atoms with van der Waals surface area (Å²) in [4.78, 5) is 28.4. The number of nitrogens with one attached hydrogen (secondary N) is 1. The average Bonchev–Trinajstić information content (AvgIpc) is 3.54. The van der Waals surface area contributed by atoms with Crippen LogP contribution < -0.4 is 10.2 Å². The van der Waals surface area contributed by atoms with Gasteiger partial charge in [-0.1, -0.05) is 0 Å². The summed E-state index contributed by atoms with van der Waals surface area (Å²) in [6.07, 6.45) is -2.78. The smallest absolute Gasteiger partial charge is 0.384 e. The van der Waals surface area contributed by atoms with E-state index in [1.807, 2.05) is 0 Å². The topological polar surface area (TPSA) is 85.7 Å². The van der Waals surface area contributed by atoms with Gasteiger partial charge in [0.15, 0.2) is 0 Å². The molecule has 2 fully saturated rings. The highest BCUT2D eigenvalue weighted by Gasteiger charge is 2.39. The fraction of sp³-hybridized carbons (Fsp3) is 0.550. The zero-order valence-electron chi connectivity index (χ0n) is 16.5. The van der Waals surface area contributed by atoms with Gasteiger partial charge in [-0.05, 0) is 31.0 Å². The van der Waals surface area contributed by atoms with Gasteiger partial charge >= 0.3 is 6.18 Å². The molecule has 30 heavy (non-hydrogen) atoms. The van der Waals surface area contributed by atoms with Gasteiger partial charge in [0.2, 0.25) is 11.8 Å². The maximum atomic E-state index is 13.3. The van der Waals surface area contributed by atoms with Crippen molar-refractivity contribution in [3.8, 4) is 6.07 Å². The Morgan fingerprint density at radius 3 is 2.63 bits per heavy atom. The number of ether oxygens (including phenoxy) is 1. The van der Waals surface area contributed by atoms with Crippen LogP contribution in [0.5, 0.6) is 0 Å². The molecule has 2 amide bonds. The van der Waals surface area contributed by atoms with Crippen LogP contribution in [-0.2, 0) is 20.5 Å². The van der Waals surface area contributed by atoms with E-state index in [-0.39, 0.29) is 56.2 Å². The number of benzene rings is 1. The Morgan fingerprint density at radius 2 is 2.03 bits per heavy atom. The van der Waals surface area contributed by atoms with Crippen LogP contribution in [0.15, 0.2) is 18.2 Å². The number of amides is 2. The van der Waals surface area contributed by atoms with Gasteiger partial charge in [0.05, 0.1) is 30.2 Å². The molecule has 162 valence electrons. The molecule has 0 radical (unpaired) electrons. The van der Waals surface area contributed by atoms with E-state index in [0.29, 0.717) is 0 Å². The maximum Gasteiger partial charge on any atom is 0.417 e. The molecule has 1 N–H and O–H groups in total. The van der Waals surface area contributed by atoms with E-state index in [1.165, 1.54) is 18.1 Å². The zero-order valence-corrected chi connectivity index (χ0v) is 16.5. The Balaban J connectivity index is 1.83. The summed E-state index contributed by atoms with van der Waals surface area (Å²) < 4.78 is 44.9. The third-order valence-electron chi connectivity index (χ3n) is 5.24. The lowest BCUT2D eigenvalue weighted by atomic mass is 10.0. The first-order valence-electron chi connectivity index (χ1n) is 9.69. The van der Waals surface area contributed by atoms with Crippen molar-refractivity contribution < 1.29 is 27.5 Å². The summed E-state index contributed by atoms with van der Waals surface area (Å²) in [6.45, 7) is 0.767. The molecular formula is C20H23F3N4O3. The molecule has 1 aromatic rings. The number of rotatable bonds is 6. The molecule has 0 spiro atoms. The highest BCUT2D eigenvalue weighted by atomic mass is 19.4. The summed E-state index contributed by atoms with van der Waals surface area (Å²) in [5.74, 6) is -0.541. The van der Waals surface area contributed by atoms with Crippen molar-refractivity contribution in [3.05, 3.63) is 29.3 Å². The molecule has 3 rings (SSSR count). The first-order chi connectivity index (χ1) is 14.2. The molecule has 1 saturated heterocycles. The number of halogens is 3. The van der Waals surface area contributed by atoms with E-state index in [0.717, 1.165) is 25.0 Å². The fourth-order valence-corrected chi connectivity index (χ4v) is 3.46. The summed E-state index contributed by atoms with van der Waals surface area (Å²) in [5, 5.41) is 11.9. The molecule has 7 nitrogen and oxygen atoms in total. The lowest BCUT2D eigenvalue weighted by Gasteiger charge is -2.41. The van der Waals surface area contributed by atoms with Crippen LogP contribution in [0.25, 0.3) is 0 Å². The van der Waals surface area contributed by atoms with Crippen LogP contribution in [0.1, 0.15) is 30.4 Å². The molecular weight excluding hydrogens is 401 g/mol. The monoisotopic (exact) mass is 424 g/mol. The quantitative estimate of drug-likeness (QED) is 0.754. The van der Waals surface area contributed by atoms with E-state index in [1.54, 1.807) is 11.0 Å². The molecule has 0 bridgehead atoms. The first kappa shape index (κ1) is 21.9. The average molecular weight is 424 g/mol. The predicted molar refractivity (Wildman–Crippen MR) is 102 cm³/mol. The summed E-state index contributed by atoms with van der Waals surface area (Å²) in [5.41, 5.74) is -1.21. The number of nitriles is 1. The van der Waals surface area contributed by atoms with Crippen LogP contribution in [0.2, 0.25) is 0 Å². The fourth-order valence-electron chi connectivity index (χ4n) is 3.46. The lowest BCUT2D eigenvalue weighted by molar-refractivity contribution is -0.141. The van der Waals surface area contributed by atoms with Crippen molar-refractivity contribution in [3.63, 3.8) is 0 Å². The van der Waals surface area contributed by atoms with Crippen molar-refractivity contribution in [1.82, 2.24) is 10.2 Å². The van der Waals surface area contributed by atoms with Crippen molar-refractivity contribution in [2.45, 2.75) is 37.5 Å². The number of nitrogens with zero attached hydrogens (tertiary/aromatic N) is 3. The van der Waals surface area contributed by atoms with Gasteiger partial charge in [-0.3, -0.25) is 9.59 Å². The third kappa shape index (κ3) is 5.02. The number of piperazine rings is 1. The van der Waals surface area contributed by atoms with Gasteiger partial charge in [0.25, 0.3) is 0 Å². The van der Waals surface area contributed by atoms with Crippen LogP contribution in [0, 0.1) is 11.3 Å². The third-order valence-corrected chi connectivity index (χ3v) is 5.24. The largest absolute Gasteiger partial charge is 0.417 e. The van der Waals surface area contributed by atoms with Crippen molar-refractivity contribution in [1.29, 1.82) is 5.26 Å². The predicted octanol–water partition coefficient (Wildman–Crippen LogP) is 1.91. The molecule has 1 unspecified atom stereocenters. The van der Waals surface area contributed by atoms with Gasteiger partial charge in [-0.2, -0.15) is 18.4 Å². The molecule has 2 aliphatic rings. The molecule has 1 aliphatic heterocycles. The van der Waals surface area contributed by atoms with Crippen LogP contribution in [-0.4, -0.2) is 62.1 Å². The van der Waals surface area contributed by atoms with Crippen molar-refractivity contribution >= 4 is 17.5 Å². The van der Waals surface area contributed by atoms with Gasteiger partial charge in [-0.15, -0.1) is 0 Å². The van der Waals surface area contributed by atoms with E-state index in [2.05, 4.69) is 5.32 Å². The second kappa shape index (κ2) is 8.92. The van der Waals surface area contributed by atoms with E-state index < -0.39 is 23.3 Å². The number of carbonyl (C=O) groups is 2. The summed E-state index contributed by atoms with van der Waals surface area (Å²) in [6, 6.07) is 4.34. The molecule has 1 heterocycles. The Hall–Kier alpha value is -2.80. The SMILES string of the molecule is COCCC(=O)N1CCN(c2ccc(C#N)c(C(F)(F)F)c2)CC1C(=O)NC1CC1. The number of hydrogen-bond donors (Lipinski definition) is 1. The van der Waals surface area contributed by atoms with E-state index in [9.17, 15) is 22.8 Å². The normalized spacial score (nSPS) is 19.4. The van der Waals surface area contributed by atoms with Crippen molar-refractivity contribution in [2.75, 3.05) is 38.3 Å². The minimum Gasteiger partial charge on any atom is -0.384 e. The summed E-state index contributed by atoms with van der Waals surface area (Å²) >= 11 is 0. The first-order valence-corrected chi connectivity index (χ1v) is 9.69. The Bertz CT molecular complexity index is 849. The standard InChI is InChI=1S/C20H23F3N4O3/c1-30-9-6-18(28)27-8-7-26(12-17(27)19(29)25-14-3-4-14)15-5-2-13(11-24)16(10-15)20(21,22)23/h2,5,10,14,17H,3-4,6-9,12H2,1H3,(H,25,29). The highest BCUT2D eigenvalue weighted by molar-refractivity contribution is 5.89. The van der Waals surface area contributed by atoms with E-state index in [4.69, 9.17) is 10.00 Å². The second-order valence-electron chi connectivity index (χ2n) is 7.41. The van der Waals surface area contributed by atoms with Crippen LogP contribution in [0.3, 0.4) is 0 Å². The Morgan fingerprint density at radius 1 is 1.30 bits per heavy atom. The molecule has 10 heteroatoms. The molecule has 1 atom stereocenters. The minimum absolute atomic E-state index is 0.0699. The van der Waals surface area contributed by atoms with Crippen LogP contribution in [0.4, 0.5) is 18.9 Å². The highest BCUT2D eigenvalue weighted by Crippen LogP contribution is 2.35. The lowest BCUT2D eigenvalue weighted by Crippen LogP contribution is -2.61. The molecule has 1 aromatic carbocycles. The number of methoxy groups -OCH3 is 1. The second-order valence-corrected chi connectivity index (χ2v) is 7.41. The molecule has 1 saturated carbocycles. The van der Waals surface area contributed by atoms with Crippen LogP contribution >= 0.6 is 0 Å². The van der Waals surface area contributed by atoms with Gasteiger partial charge in [0.1, 0.15) is 6.04 Å². The maximum absolute atomic E-state index is 13.3. The van der Waals surface area contributed by atoms with Crippen molar-refractivity contribution in [2.24, 2.45) is 0 Å². The van der Waals surface area contributed by atoms with Gasteiger partial charge < -0.3 is 19.9 Å². The number of hydrogen-bond acceptors (Lipinski definition) is 5. The minimum atomic E-state index is -4.66. The number of alkyl halides is 3. The Labute approximate surface area is 172 Å². The Kier molecular flexibility index (Phi) is 6.51.